The van der Waals surface area contributed by atoms with Crippen LogP contribution in [-0.2, 0) is 22.4 Å². The van der Waals surface area contributed by atoms with Gasteiger partial charge in [-0.2, -0.15) is 0 Å². The van der Waals surface area contributed by atoms with Crippen LogP contribution in [0.3, 0.4) is 0 Å². The van der Waals surface area contributed by atoms with Gasteiger partial charge < -0.3 is 4.74 Å². The topological polar surface area (TPSA) is 26.3 Å². The van der Waals surface area contributed by atoms with Gasteiger partial charge in [0.1, 0.15) is 0 Å². The third-order valence-electron chi connectivity index (χ3n) is 4.30. The fraction of sp³-hybridized carbons (Fsp3) is 0.348. The summed E-state index contributed by atoms with van der Waals surface area (Å²) in [5.41, 5.74) is 6.20. The number of hydrogen-bond acceptors (Lipinski definition) is 2. The molecule has 0 unspecified atom stereocenters. The molecule has 0 N–H and O–H groups in total. The van der Waals surface area contributed by atoms with E-state index in [1.807, 2.05) is 25.1 Å². The molecule has 0 heterocycles. The normalized spacial score (nSPS) is 11.4. The molecule has 0 saturated carbocycles. The van der Waals surface area contributed by atoms with Crippen molar-refractivity contribution in [3.63, 3.8) is 0 Å². The van der Waals surface area contributed by atoms with E-state index >= 15 is 0 Å². The van der Waals surface area contributed by atoms with Crippen LogP contribution in [0.2, 0.25) is 0 Å². The van der Waals surface area contributed by atoms with Crippen LogP contribution in [0.25, 0.3) is 0 Å². The molecule has 0 aliphatic carbocycles. The molecule has 0 atom stereocenters. The molecule has 132 valence electrons. The first-order chi connectivity index (χ1) is 12.0. The lowest BCUT2D eigenvalue weighted by Crippen LogP contribution is -2.01. The minimum absolute atomic E-state index is 0.145. The molecule has 0 aliphatic rings. The molecule has 2 rings (SSSR count). The number of aryl methyl sites for hydroxylation is 3. The second kappa shape index (κ2) is 9.83. The van der Waals surface area contributed by atoms with Gasteiger partial charge in [-0.25, -0.2) is 0 Å². The van der Waals surface area contributed by atoms with Gasteiger partial charge in [-0.1, -0.05) is 54.1 Å². The van der Waals surface area contributed by atoms with Gasteiger partial charge in [-0.15, -0.1) is 0 Å². The molecule has 25 heavy (non-hydrogen) atoms. The maximum absolute atomic E-state index is 11.9. The molecule has 2 heteroatoms. The lowest BCUT2D eigenvalue weighted by atomic mass is 10.0. The van der Waals surface area contributed by atoms with E-state index in [1.165, 1.54) is 22.3 Å². The Kier molecular flexibility index (Phi) is 7.46. The van der Waals surface area contributed by atoms with Crippen molar-refractivity contribution < 1.29 is 9.53 Å². The SMILES string of the molecule is C/C(=C\OC(=O)CCCCc1ccccc1)Cc1ccc(C)cc1C. The fourth-order valence-electron chi connectivity index (χ4n) is 2.85. The smallest absolute Gasteiger partial charge is 0.310 e. The van der Waals surface area contributed by atoms with Crippen molar-refractivity contribution in [1.82, 2.24) is 0 Å². The summed E-state index contributed by atoms with van der Waals surface area (Å²) in [6, 6.07) is 16.8. The zero-order chi connectivity index (χ0) is 18.1. The predicted molar refractivity (Wildman–Crippen MR) is 103 cm³/mol. The molecule has 0 saturated heterocycles. The number of carbonyl (C=O) groups excluding carboxylic acids is 1. The van der Waals surface area contributed by atoms with E-state index in [-0.39, 0.29) is 5.97 Å². The van der Waals surface area contributed by atoms with E-state index < -0.39 is 0 Å². The van der Waals surface area contributed by atoms with Crippen LogP contribution in [0.5, 0.6) is 0 Å². The Hall–Kier alpha value is -2.35. The van der Waals surface area contributed by atoms with Crippen molar-refractivity contribution in [2.45, 2.75) is 52.9 Å². The maximum atomic E-state index is 11.9. The van der Waals surface area contributed by atoms with Crippen LogP contribution in [0.4, 0.5) is 0 Å². The maximum Gasteiger partial charge on any atom is 0.310 e. The molecule has 2 aromatic carbocycles. The van der Waals surface area contributed by atoms with Gasteiger partial charge in [0.15, 0.2) is 0 Å². The number of rotatable bonds is 8. The molecule has 0 aromatic heterocycles. The minimum atomic E-state index is -0.145. The number of allylic oxidation sites excluding steroid dienone is 1. The Bertz CT molecular complexity index is 714. The summed E-state index contributed by atoms with van der Waals surface area (Å²) in [7, 11) is 0. The zero-order valence-corrected chi connectivity index (χ0v) is 15.5. The second-order valence-electron chi connectivity index (χ2n) is 6.75. The van der Waals surface area contributed by atoms with Crippen LogP contribution >= 0.6 is 0 Å². The van der Waals surface area contributed by atoms with E-state index in [0.29, 0.717) is 6.42 Å². The fourth-order valence-corrected chi connectivity index (χ4v) is 2.85. The molecule has 0 bridgehead atoms. The molecule has 0 aliphatic heterocycles. The Balaban J connectivity index is 1.70. The Morgan fingerprint density at radius 1 is 1.04 bits per heavy atom. The summed E-state index contributed by atoms with van der Waals surface area (Å²) in [6.45, 7) is 6.22. The second-order valence-corrected chi connectivity index (χ2v) is 6.75. The summed E-state index contributed by atoms with van der Waals surface area (Å²) < 4.78 is 5.29. The van der Waals surface area contributed by atoms with Crippen molar-refractivity contribution in [2.24, 2.45) is 0 Å². The Labute approximate surface area is 151 Å². The van der Waals surface area contributed by atoms with E-state index in [2.05, 4.69) is 44.2 Å². The van der Waals surface area contributed by atoms with E-state index in [0.717, 1.165) is 31.3 Å². The summed E-state index contributed by atoms with van der Waals surface area (Å²) in [6.07, 6.45) is 5.77. The molecule has 0 amide bonds. The van der Waals surface area contributed by atoms with Gasteiger partial charge in [-0.05, 0) is 68.7 Å². The molecular formula is C23H28O2. The number of benzene rings is 2. The largest absolute Gasteiger partial charge is 0.435 e. The number of unbranched alkanes of at least 4 members (excludes halogenated alkanes) is 1. The highest BCUT2D eigenvalue weighted by molar-refractivity contribution is 5.70. The van der Waals surface area contributed by atoms with E-state index in [4.69, 9.17) is 4.74 Å². The monoisotopic (exact) mass is 336 g/mol. The number of esters is 1. The summed E-state index contributed by atoms with van der Waals surface area (Å²) in [5, 5.41) is 0. The highest BCUT2D eigenvalue weighted by atomic mass is 16.5. The molecule has 0 fully saturated rings. The van der Waals surface area contributed by atoms with Gasteiger partial charge in [0.2, 0.25) is 0 Å². The van der Waals surface area contributed by atoms with Crippen molar-refractivity contribution in [2.75, 3.05) is 0 Å². The van der Waals surface area contributed by atoms with Gasteiger partial charge >= 0.3 is 5.97 Å². The average Bonchev–Trinajstić information content (AvgIpc) is 2.60. The molecular weight excluding hydrogens is 308 g/mol. The quantitative estimate of drug-likeness (QED) is 0.351. The lowest BCUT2D eigenvalue weighted by molar-refractivity contribution is -0.138. The Morgan fingerprint density at radius 3 is 2.52 bits per heavy atom. The average molecular weight is 336 g/mol. The third kappa shape index (κ3) is 6.96. The van der Waals surface area contributed by atoms with Gasteiger partial charge in [0.25, 0.3) is 0 Å². The van der Waals surface area contributed by atoms with Crippen LogP contribution in [0, 0.1) is 13.8 Å². The minimum Gasteiger partial charge on any atom is -0.435 e. The molecule has 2 nitrogen and oxygen atoms in total. The van der Waals surface area contributed by atoms with E-state index in [9.17, 15) is 4.79 Å². The highest BCUT2D eigenvalue weighted by Crippen LogP contribution is 2.15. The van der Waals surface area contributed by atoms with Crippen LogP contribution in [0.15, 0.2) is 60.4 Å². The first-order valence-electron chi connectivity index (χ1n) is 9.00. The number of ether oxygens (including phenoxy) is 1. The number of carbonyl (C=O) groups is 1. The van der Waals surface area contributed by atoms with Crippen molar-refractivity contribution >= 4 is 5.97 Å². The van der Waals surface area contributed by atoms with E-state index in [1.54, 1.807) is 6.26 Å². The first kappa shape index (κ1) is 19.0. The summed E-state index contributed by atoms with van der Waals surface area (Å²) in [4.78, 5) is 11.9. The van der Waals surface area contributed by atoms with Crippen molar-refractivity contribution in [3.05, 3.63) is 82.6 Å². The predicted octanol–water partition coefficient (Wildman–Crippen LogP) is 5.71. The lowest BCUT2D eigenvalue weighted by Gasteiger charge is -2.07. The molecule has 0 radical (unpaired) electrons. The third-order valence-corrected chi connectivity index (χ3v) is 4.30. The van der Waals surface area contributed by atoms with Crippen LogP contribution in [-0.4, -0.2) is 5.97 Å². The van der Waals surface area contributed by atoms with Crippen molar-refractivity contribution in [1.29, 1.82) is 0 Å². The van der Waals surface area contributed by atoms with Gasteiger partial charge in [0, 0.05) is 6.42 Å². The first-order valence-corrected chi connectivity index (χ1v) is 9.00. The molecule has 2 aromatic rings. The van der Waals surface area contributed by atoms with Crippen LogP contribution in [0.1, 0.15) is 48.4 Å². The number of hydrogen-bond donors (Lipinski definition) is 0. The van der Waals surface area contributed by atoms with Gasteiger partial charge in [0.05, 0.1) is 6.26 Å². The highest BCUT2D eigenvalue weighted by Gasteiger charge is 2.04. The standard InChI is InChI=1S/C23H28O2/c1-18-13-14-22(20(3)15-18)16-19(2)17-25-23(24)12-8-7-11-21-9-5-4-6-10-21/h4-6,9-10,13-15,17H,7-8,11-12,16H2,1-3H3/b19-17+. The van der Waals surface area contributed by atoms with Crippen LogP contribution < -0.4 is 0 Å². The summed E-state index contributed by atoms with van der Waals surface area (Å²) >= 11 is 0. The zero-order valence-electron chi connectivity index (χ0n) is 15.5. The van der Waals surface area contributed by atoms with Gasteiger partial charge in [-0.3, -0.25) is 4.79 Å². The Morgan fingerprint density at radius 2 is 1.80 bits per heavy atom. The van der Waals surface area contributed by atoms with Crippen molar-refractivity contribution in [3.8, 4) is 0 Å². The molecule has 0 spiro atoms. The summed E-state index contributed by atoms with van der Waals surface area (Å²) in [5.74, 6) is -0.145.